The minimum atomic E-state index is -0.312. The first-order valence-corrected chi connectivity index (χ1v) is 7.57. The Morgan fingerprint density at radius 1 is 1.30 bits per heavy atom. The van der Waals surface area contributed by atoms with Gasteiger partial charge in [-0.3, -0.25) is 0 Å². The lowest BCUT2D eigenvalue weighted by Crippen LogP contribution is -2.12. The molecule has 2 aromatic rings. The average Bonchev–Trinajstić information content (AvgIpc) is 2.55. The van der Waals surface area contributed by atoms with Gasteiger partial charge in [-0.05, 0) is 23.8 Å². The van der Waals surface area contributed by atoms with Crippen molar-refractivity contribution >= 4 is 11.6 Å². The first-order chi connectivity index (χ1) is 11.2. The lowest BCUT2D eigenvalue weighted by atomic mass is 10.2. The lowest BCUT2D eigenvalue weighted by Gasteiger charge is -2.14. The summed E-state index contributed by atoms with van der Waals surface area (Å²) in [6.45, 7) is 5.07. The largest absolute Gasteiger partial charge is 0.493 e. The Morgan fingerprint density at radius 2 is 2.09 bits per heavy atom. The molecule has 0 amide bonds. The Bertz CT molecular complexity index is 676. The van der Waals surface area contributed by atoms with Gasteiger partial charge in [0.15, 0.2) is 11.5 Å². The lowest BCUT2D eigenvalue weighted by molar-refractivity contribution is 0.279. The van der Waals surface area contributed by atoms with Gasteiger partial charge in [0.05, 0.1) is 12.1 Å². The van der Waals surface area contributed by atoms with Crippen LogP contribution in [0.5, 0.6) is 11.5 Å². The van der Waals surface area contributed by atoms with Crippen LogP contribution in [0.3, 0.4) is 0 Å². The molecule has 0 saturated heterocycles. The summed E-state index contributed by atoms with van der Waals surface area (Å²) >= 11 is 6.29. The van der Waals surface area contributed by atoms with Crippen LogP contribution in [0, 0.1) is 5.82 Å². The maximum Gasteiger partial charge on any atom is 0.180 e. The highest BCUT2D eigenvalue weighted by Gasteiger charge is 2.13. The molecule has 2 aromatic carbocycles. The molecule has 0 aliphatic heterocycles. The van der Waals surface area contributed by atoms with Crippen molar-refractivity contribution in [3.8, 4) is 11.5 Å². The van der Waals surface area contributed by atoms with Crippen LogP contribution in [0.4, 0.5) is 4.39 Å². The molecular weight excluding hydrogens is 317 g/mol. The van der Waals surface area contributed by atoms with E-state index in [1.807, 2.05) is 6.07 Å². The molecule has 0 aliphatic carbocycles. The molecule has 0 radical (unpaired) electrons. The maximum atomic E-state index is 13.7. The molecule has 0 heterocycles. The average molecular weight is 336 g/mol. The van der Waals surface area contributed by atoms with Gasteiger partial charge in [-0.15, -0.1) is 6.58 Å². The molecule has 0 aliphatic rings. The monoisotopic (exact) mass is 335 g/mol. The first-order valence-electron chi connectivity index (χ1n) is 7.20. The van der Waals surface area contributed by atoms with Crippen LogP contribution in [-0.2, 0) is 13.2 Å². The highest BCUT2D eigenvalue weighted by Crippen LogP contribution is 2.37. The number of halogens is 2. The first kappa shape index (κ1) is 17.3. The molecule has 0 aromatic heterocycles. The third kappa shape index (κ3) is 4.71. The second-order valence-electron chi connectivity index (χ2n) is 4.91. The predicted octanol–water partition coefficient (Wildman–Crippen LogP) is 4.34. The fourth-order valence-electron chi connectivity index (χ4n) is 2.10. The van der Waals surface area contributed by atoms with Gasteiger partial charge in [-0.2, -0.15) is 0 Å². The maximum absolute atomic E-state index is 13.7. The van der Waals surface area contributed by atoms with E-state index in [1.165, 1.54) is 6.07 Å². The zero-order chi connectivity index (χ0) is 16.7. The fraction of sp³-hybridized carbons (Fsp3) is 0.222. The predicted molar refractivity (Wildman–Crippen MR) is 90.6 cm³/mol. The molecular formula is C18H19ClFNO2. The zero-order valence-corrected chi connectivity index (χ0v) is 13.7. The zero-order valence-electron chi connectivity index (χ0n) is 12.9. The Morgan fingerprint density at radius 3 is 2.78 bits per heavy atom. The highest BCUT2D eigenvalue weighted by molar-refractivity contribution is 6.32. The van der Waals surface area contributed by atoms with Crippen LogP contribution in [-0.4, -0.2) is 13.7 Å². The summed E-state index contributed by atoms with van der Waals surface area (Å²) in [5.74, 6) is 0.613. The minimum absolute atomic E-state index is 0.0802. The van der Waals surface area contributed by atoms with Gasteiger partial charge < -0.3 is 14.8 Å². The molecule has 2 rings (SSSR count). The van der Waals surface area contributed by atoms with Crippen molar-refractivity contribution in [2.45, 2.75) is 13.2 Å². The quantitative estimate of drug-likeness (QED) is 0.575. The van der Waals surface area contributed by atoms with Gasteiger partial charge >= 0.3 is 0 Å². The Labute approximate surface area is 140 Å². The van der Waals surface area contributed by atoms with Crippen molar-refractivity contribution in [2.24, 2.45) is 0 Å². The molecule has 3 nitrogen and oxygen atoms in total. The standard InChI is InChI=1S/C18H19ClFNO2/c1-3-8-21-11-13-9-15(19)18(17(10-13)22-2)23-12-14-6-4-5-7-16(14)20/h3-7,9-10,21H,1,8,11-12H2,2H3. The van der Waals surface area contributed by atoms with Gasteiger partial charge in [0.1, 0.15) is 12.4 Å². The Kier molecular flexibility index (Phi) is 6.44. The van der Waals surface area contributed by atoms with E-state index in [2.05, 4.69) is 11.9 Å². The molecule has 5 heteroatoms. The van der Waals surface area contributed by atoms with E-state index in [0.717, 1.165) is 5.56 Å². The second-order valence-corrected chi connectivity index (χ2v) is 5.32. The molecule has 0 fully saturated rings. The number of nitrogens with one attached hydrogen (secondary N) is 1. The summed E-state index contributed by atoms with van der Waals surface area (Å²) in [5, 5.41) is 3.62. The third-order valence-electron chi connectivity index (χ3n) is 3.24. The number of hydrogen-bond donors (Lipinski definition) is 1. The van der Waals surface area contributed by atoms with E-state index in [1.54, 1.807) is 37.5 Å². The van der Waals surface area contributed by atoms with E-state index in [9.17, 15) is 4.39 Å². The van der Waals surface area contributed by atoms with Crippen molar-refractivity contribution in [1.82, 2.24) is 5.32 Å². The second kappa shape index (κ2) is 8.56. The van der Waals surface area contributed by atoms with E-state index in [4.69, 9.17) is 21.1 Å². The summed E-state index contributed by atoms with van der Waals surface area (Å²) in [6.07, 6.45) is 1.78. The summed E-state index contributed by atoms with van der Waals surface area (Å²) in [4.78, 5) is 0. The molecule has 0 saturated carbocycles. The Balaban J connectivity index is 2.14. The van der Waals surface area contributed by atoms with Gasteiger partial charge in [0, 0.05) is 18.7 Å². The number of rotatable bonds is 8. The Hall–Kier alpha value is -2.04. The molecule has 0 spiro atoms. The van der Waals surface area contributed by atoms with Gasteiger partial charge in [-0.1, -0.05) is 35.9 Å². The van der Waals surface area contributed by atoms with E-state index >= 15 is 0 Å². The SMILES string of the molecule is C=CCNCc1cc(Cl)c(OCc2ccccc2F)c(OC)c1. The van der Waals surface area contributed by atoms with Crippen molar-refractivity contribution in [2.75, 3.05) is 13.7 Å². The molecule has 0 unspecified atom stereocenters. The fourth-order valence-corrected chi connectivity index (χ4v) is 2.39. The summed E-state index contributed by atoms with van der Waals surface area (Å²) in [6, 6.07) is 10.1. The van der Waals surface area contributed by atoms with Gasteiger partial charge in [0.2, 0.25) is 0 Å². The van der Waals surface area contributed by atoms with Crippen molar-refractivity contribution in [3.63, 3.8) is 0 Å². The van der Waals surface area contributed by atoms with Crippen molar-refractivity contribution < 1.29 is 13.9 Å². The summed E-state index contributed by atoms with van der Waals surface area (Å²) < 4.78 is 24.7. The molecule has 122 valence electrons. The number of benzene rings is 2. The van der Waals surface area contributed by atoms with E-state index in [-0.39, 0.29) is 12.4 Å². The van der Waals surface area contributed by atoms with Crippen LogP contribution in [0.2, 0.25) is 5.02 Å². The minimum Gasteiger partial charge on any atom is -0.493 e. The van der Waals surface area contributed by atoms with Gasteiger partial charge in [0.25, 0.3) is 0 Å². The third-order valence-corrected chi connectivity index (χ3v) is 3.52. The van der Waals surface area contributed by atoms with Crippen molar-refractivity contribution in [3.05, 3.63) is 71.0 Å². The van der Waals surface area contributed by atoms with Crippen LogP contribution in [0.15, 0.2) is 49.1 Å². The number of methoxy groups -OCH3 is 1. The van der Waals surface area contributed by atoms with Crippen LogP contribution >= 0.6 is 11.6 Å². The molecule has 23 heavy (non-hydrogen) atoms. The van der Waals surface area contributed by atoms with E-state index in [0.29, 0.717) is 35.2 Å². The smallest absolute Gasteiger partial charge is 0.180 e. The molecule has 1 N–H and O–H groups in total. The summed E-state index contributed by atoms with van der Waals surface area (Å²) in [5.41, 5.74) is 1.43. The van der Waals surface area contributed by atoms with Crippen LogP contribution in [0.1, 0.15) is 11.1 Å². The molecule has 0 bridgehead atoms. The van der Waals surface area contributed by atoms with Crippen LogP contribution in [0.25, 0.3) is 0 Å². The topological polar surface area (TPSA) is 30.5 Å². The molecule has 0 atom stereocenters. The highest BCUT2D eigenvalue weighted by atomic mass is 35.5. The van der Waals surface area contributed by atoms with E-state index < -0.39 is 0 Å². The van der Waals surface area contributed by atoms with Gasteiger partial charge in [-0.25, -0.2) is 4.39 Å². The number of ether oxygens (including phenoxy) is 2. The van der Waals surface area contributed by atoms with Crippen LogP contribution < -0.4 is 14.8 Å². The van der Waals surface area contributed by atoms with Crippen molar-refractivity contribution in [1.29, 1.82) is 0 Å². The number of hydrogen-bond acceptors (Lipinski definition) is 3. The normalized spacial score (nSPS) is 10.4. The summed E-state index contributed by atoms with van der Waals surface area (Å²) in [7, 11) is 1.54.